The number of aryl methyl sites for hydroxylation is 1. The number of aliphatic hydroxyl groups excluding tert-OH is 1. The van der Waals surface area contributed by atoms with Crippen LogP contribution in [-0.4, -0.2) is 27.1 Å². The van der Waals surface area contributed by atoms with Gasteiger partial charge in [-0.1, -0.05) is 42.5 Å². The molecule has 3 aromatic rings. The van der Waals surface area contributed by atoms with Crippen molar-refractivity contribution < 1.29 is 9.90 Å². The maximum Gasteiger partial charge on any atom is 0.222 e. The zero-order chi connectivity index (χ0) is 16.9. The number of amides is 1. The number of nitrogens with one attached hydrogen (secondary N) is 1. The molecule has 5 heteroatoms. The summed E-state index contributed by atoms with van der Waals surface area (Å²) < 4.78 is 2.04. The molecule has 5 nitrogen and oxygen atoms in total. The third kappa shape index (κ3) is 3.63. The molecule has 0 radical (unpaired) electrons. The number of rotatable bonds is 6. The van der Waals surface area contributed by atoms with Crippen LogP contribution in [0.2, 0.25) is 0 Å². The standard InChI is InChI=1S/C19H21N3O2/c1-22-16-10-6-5-9-15(16)21-18(22)11-12-20-19(24)13-17(23)14-7-3-2-4-8-14/h2-10,17,23H,11-13H2,1H3,(H,20,24). The number of carbonyl (C=O) groups excluding carboxylic acids is 1. The van der Waals surface area contributed by atoms with E-state index in [1.165, 1.54) is 0 Å². The van der Waals surface area contributed by atoms with Crippen LogP contribution in [0, 0.1) is 0 Å². The zero-order valence-corrected chi connectivity index (χ0v) is 13.6. The van der Waals surface area contributed by atoms with Crippen LogP contribution < -0.4 is 5.32 Å². The van der Waals surface area contributed by atoms with E-state index in [0.29, 0.717) is 13.0 Å². The lowest BCUT2D eigenvalue weighted by molar-refractivity contribution is -0.123. The predicted molar refractivity (Wildman–Crippen MR) is 93.4 cm³/mol. The summed E-state index contributed by atoms with van der Waals surface area (Å²) in [5.41, 5.74) is 2.79. The van der Waals surface area contributed by atoms with Gasteiger partial charge in [0, 0.05) is 20.0 Å². The number of hydrogen-bond donors (Lipinski definition) is 2. The minimum Gasteiger partial charge on any atom is -0.388 e. The Balaban J connectivity index is 1.52. The molecule has 1 amide bonds. The molecule has 1 atom stereocenters. The first-order valence-corrected chi connectivity index (χ1v) is 8.05. The lowest BCUT2D eigenvalue weighted by atomic mass is 10.1. The van der Waals surface area contributed by atoms with Crippen molar-refractivity contribution in [1.29, 1.82) is 0 Å². The molecule has 0 saturated heterocycles. The molecule has 0 aliphatic carbocycles. The Morgan fingerprint density at radius 2 is 1.88 bits per heavy atom. The largest absolute Gasteiger partial charge is 0.388 e. The predicted octanol–water partition coefficient (Wildman–Crippen LogP) is 2.36. The Kier molecular flexibility index (Phi) is 4.91. The number of hydrogen-bond acceptors (Lipinski definition) is 3. The summed E-state index contributed by atoms with van der Waals surface area (Å²) in [6.45, 7) is 0.498. The maximum absolute atomic E-state index is 12.0. The van der Waals surface area contributed by atoms with Crippen molar-refractivity contribution in [1.82, 2.24) is 14.9 Å². The number of imidazole rings is 1. The van der Waals surface area contributed by atoms with Crippen LogP contribution in [0.4, 0.5) is 0 Å². The van der Waals surface area contributed by atoms with Crippen molar-refractivity contribution in [3.63, 3.8) is 0 Å². The topological polar surface area (TPSA) is 67.2 Å². The fourth-order valence-electron chi connectivity index (χ4n) is 2.77. The third-order valence-electron chi connectivity index (χ3n) is 4.11. The first-order valence-electron chi connectivity index (χ1n) is 8.05. The van der Waals surface area contributed by atoms with E-state index in [1.54, 1.807) is 0 Å². The molecular formula is C19H21N3O2. The number of carbonyl (C=O) groups is 1. The molecule has 2 aromatic carbocycles. The molecule has 1 heterocycles. The van der Waals surface area contributed by atoms with Crippen molar-refractivity contribution in [3.8, 4) is 0 Å². The molecular weight excluding hydrogens is 302 g/mol. The molecule has 1 unspecified atom stereocenters. The Bertz CT molecular complexity index is 827. The van der Waals surface area contributed by atoms with Crippen molar-refractivity contribution in [2.75, 3.05) is 6.54 Å². The first kappa shape index (κ1) is 16.2. The molecule has 24 heavy (non-hydrogen) atoms. The summed E-state index contributed by atoms with van der Waals surface area (Å²) in [7, 11) is 1.98. The average Bonchev–Trinajstić information content (AvgIpc) is 2.92. The van der Waals surface area contributed by atoms with Gasteiger partial charge in [-0.15, -0.1) is 0 Å². The average molecular weight is 323 g/mol. The lowest BCUT2D eigenvalue weighted by Crippen LogP contribution is -2.27. The fourth-order valence-corrected chi connectivity index (χ4v) is 2.77. The smallest absolute Gasteiger partial charge is 0.222 e. The van der Waals surface area contributed by atoms with Crippen molar-refractivity contribution in [2.24, 2.45) is 7.05 Å². The molecule has 0 spiro atoms. The van der Waals surface area contributed by atoms with Crippen molar-refractivity contribution >= 4 is 16.9 Å². The van der Waals surface area contributed by atoms with Crippen LogP contribution in [0.25, 0.3) is 11.0 Å². The molecule has 0 bridgehead atoms. The molecule has 0 aliphatic heterocycles. The summed E-state index contributed by atoms with van der Waals surface area (Å²) >= 11 is 0. The van der Waals surface area contributed by atoms with Gasteiger partial charge >= 0.3 is 0 Å². The van der Waals surface area contributed by atoms with Gasteiger partial charge in [0.25, 0.3) is 0 Å². The Labute approximate surface area is 141 Å². The maximum atomic E-state index is 12.0. The van der Waals surface area contributed by atoms with E-state index < -0.39 is 6.10 Å². The van der Waals surface area contributed by atoms with Crippen LogP contribution in [0.5, 0.6) is 0 Å². The Morgan fingerprint density at radius 1 is 1.17 bits per heavy atom. The van der Waals surface area contributed by atoms with Gasteiger partial charge in [-0.3, -0.25) is 4.79 Å². The van der Waals surface area contributed by atoms with E-state index in [2.05, 4.69) is 10.3 Å². The van der Waals surface area contributed by atoms with Gasteiger partial charge in [0.1, 0.15) is 5.82 Å². The lowest BCUT2D eigenvalue weighted by Gasteiger charge is -2.11. The molecule has 124 valence electrons. The zero-order valence-electron chi connectivity index (χ0n) is 13.6. The second-order valence-electron chi connectivity index (χ2n) is 5.81. The fraction of sp³-hybridized carbons (Fsp3) is 0.263. The summed E-state index contributed by atoms with van der Waals surface area (Å²) in [6, 6.07) is 17.2. The van der Waals surface area contributed by atoms with Crippen LogP contribution >= 0.6 is 0 Å². The second kappa shape index (κ2) is 7.27. The van der Waals surface area contributed by atoms with Gasteiger partial charge in [-0.25, -0.2) is 4.98 Å². The number of aromatic nitrogens is 2. The second-order valence-corrected chi connectivity index (χ2v) is 5.81. The highest BCUT2D eigenvalue weighted by atomic mass is 16.3. The van der Waals surface area contributed by atoms with Gasteiger partial charge in [-0.05, 0) is 17.7 Å². The van der Waals surface area contributed by atoms with Gasteiger partial charge in [-0.2, -0.15) is 0 Å². The minimum absolute atomic E-state index is 0.0621. The summed E-state index contributed by atoms with van der Waals surface area (Å²) in [4.78, 5) is 16.6. The van der Waals surface area contributed by atoms with Crippen LogP contribution in [0.3, 0.4) is 0 Å². The Hall–Kier alpha value is -2.66. The highest BCUT2D eigenvalue weighted by Crippen LogP contribution is 2.16. The third-order valence-corrected chi connectivity index (χ3v) is 4.11. The van der Waals surface area contributed by atoms with Gasteiger partial charge in [0.15, 0.2) is 0 Å². The summed E-state index contributed by atoms with van der Waals surface area (Å²) in [5, 5.41) is 12.9. The highest BCUT2D eigenvalue weighted by molar-refractivity contribution is 5.77. The molecule has 0 aliphatic rings. The molecule has 0 saturated carbocycles. The van der Waals surface area contributed by atoms with Gasteiger partial charge < -0.3 is 15.0 Å². The SMILES string of the molecule is Cn1c(CCNC(=O)CC(O)c2ccccc2)nc2ccccc21. The van der Waals surface area contributed by atoms with Crippen LogP contribution in [-0.2, 0) is 18.3 Å². The monoisotopic (exact) mass is 323 g/mol. The van der Waals surface area contributed by atoms with E-state index in [-0.39, 0.29) is 12.3 Å². The van der Waals surface area contributed by atoms with Crippen LogP contribution in [0.15, 0.2) is 54.6 Å². The molecule has 3 rings (SSSR count). The number of fused-ring (bicyclic) bond motifs is 1. The van der Waals surface area contributed by atoms with Crippen molar-refractivity contribution in [3.05, 3.63) is 66.0 Å². The van der Waals surface area contributed by atoms with E-state index >= 15 is 0 Å². The number of aliphatic hydroxyl groups is 1. The number of nitrogens with zero attached hydrogens (tertiary/aromatic N) is 2. The summed E-state index contributed by atoms with van der Waals surface area (Å²) in [6.07, 6.45) is -0.0628. The highest BCUT2D eigenvalue weighted by Gasteiger charge is 2.13. The first-order chi connectivity index (χ1) is 11.6. The number of para-hydroxylation sites is 2. The van der Waals surface area contributed by atoms with Crippen LogP contribution in [0.1, 0.15) is 23.9 Å². The minimum atomic E-state index is -0.776. The Morgan fingerprint density at radius 3 is 2.62 bits per heavy atom. The van der Waals surface area contributed by atoms with E-state index in [9.17, 15) is 9.90 Å². The summed E-state index contributed by atoms with van der Waals surface area (Å²) in [5.74, 6) is 0.769. The molecule has 1 aromatic heterocycles. The van der Waals surface area contributed by atoms with E-state index in [4.69, 9.17) is 0 Å². The normalized spacial score (nSPS) is 12.2. The molecule has 0 fully saturated rings. The molecule has 2 N–H and O–H groups in total. The van der Waals surface area contributed by atoms with Crippen molar-refractivity contribution in [2.45, 2.75) is 18.9 Å². The number of benzene rings is 2. The quantitative estimate of drug-likeness (QED) is 0.732. The van der Waals surface area contributed by atoms with E-state index in [0.717, 1.165) is 22.4 Å². The van der Waals surface area contributed by atoms with E-state index in [1.807, 2.05) is 66.2 Å². The van der Waals surface area contributed by atoms with Gasteiger partial charge in [0.05, 0.1) is 23.6 Å². The van der Waals surface area contributed by atoms with Gasteiger partial charge in [0.2, 0.25) is 5.91 Å².